The molecular weight excluding hydrogens is 487 g/mol. The van der Waals surface area contributed by atoms with E-state index in [1.165, 1.54) is 9.88 Å². The second-order valence-electron chi connectivity index (χ2n) is 5.81. The number of thiophene rings is 2. The van der Waals surface area contributed by atoms with Gasteiger partial charge in [0.1, 0.15) is 0 Å². The lowest BCUT2D eigenvalue weighted by Gasteiger charge is -2.33. The highest BCUT2D eigenvalue weighted by Crippen LogP contribution is 2.25. The standard InChI is InChI=1S/C17H23ClN4S2.HI/c1-19-17(20-9-6-14-4-5-15(18)24-14)21-13-7-10-22(11-8-13)16-3-2-12-23-16;/h2-5,12-13H,6-11H2,1H3,(H2,19,20,21);1H. The van der Waals surface area contributed by atoms with Crippen LogP contribution in [0.15, 0.2) is 34.6 Å². The summed E-state index contributed by atoms with van der Waals surface area (Å²) in [5.74, 6) is 0.896. The molecule has 4 nitrogen and oxygen atoms in total. The topological polar surface area (TPSA) is 39.7 Å². The quantitative estimate of drug-likeness (QED) is 0.354. The van der Waals surface area contributed by atoms with Gasteiger partial charge in [0.2, 0.25) is 0 Å². The first-order valence-electron chi connectivity index (χ1n) is 8.24. The van der Waals surface area contributed by atoms with Gasteiger partial charge >= 0.3 is 0 Å². The van der Waals surface area contributed by atoms with E-state index in [4.69, 9.17) is 11.6 Å². The first kappa shape index (κ1) is 20.8. The van der Waals surface area contributed by atoms with Crippen molar-refractivity contribution < 1.29 is 0 Å². The Morgan fingerprint density at radius 1 is 1.32 bits per heavy atom. The molecule has 0 unspecified atom stereocenters. The first-order chi connectivity index (χ1) is 11.7. The van der Waals surface area contributed by atoms with Crippen molar-refractivity contribution in [3.8, 4) is 0 Å². The Morgan fingerprint density at radius 2 is 2.12 bits per heavy atom. The van der Waals surface area contributed by atoms with Crippen LogP contribution in [0.5, 0.6) is 0 Å². The van der Waals surface area contributed by atoms with Crippen LogP contribution in [-0.4, -0.2) is 38.7 Å². The van der Waals surface area contributed by atoms with E-state index >= 15 is 0 Å². The van der Waals surface area contributed by atoms with E-state index in [9.17, 15) is 0 Å². The molecule has 2 N–H and O–H groups in total. The van der Waals surface area contributed by atoms with Crippen LogP contribution >= 0.6 is 58.3 Å². The van der Waals surface area contributed by atoms with Gasteiger partial charge in [-0.15, -0.1) is 46.7 Å². The Bertz CT molecular complexity index is 651. The Balaban J connectivity index is 0.00000225. The fourth-order valence-electron chi connectivity index (χ4n) is 2.87. The van der Waals surface area contributed by atoms with Crippen LogP contribution in [0.2, 0.25) is 4.34 Å². The highest BCUT2D eigenvalue weighted by molar-refractivity contribution is 14.0. The summed E-state index contributed by atoms with van der Waals surface area (Å²) in [6, 6.07) is 8.86. The summed E-state index contributed by atoms with van der Waals surface area (Å²) >= 11 is 9.43. The highest BCUT2D eigenvalue weighted by Gasteiger charge is 2.20. The van der Waals surface area contributed by atoms with Crippen molar-refractivity contribution >= 4 is 69.2 Å². The van der Waals surface area contributed by atoms with Gasteiger partial charge in [0.15, 0.2) is 5.96 Å². The number of nitrogens with one attached hydrogen (secondary N) is 2. The van der Waals surface area contributed by atoms with Gasteiger partial charge in [0, 0.05) is 37.6 Å². The van der Waals surface area contributed by atoms with Gasteiger partial charge in [-0.1, -0.05) is 11.6 Å². The van der Waals surface area contributed by atoms with E-state index < -0.39 is 0 Å². The average Bonchev–Trinajstić information content (AvgIpc) is 3.26. The Morgan fingerprint density at radius 3 is 2.72 bits per heavy atom. The molecular formula is C17H24ClIN4S2. The zero-order valence-corrected chi connectivity index (χ0v) is 18.9. The Kier molecular flexibility index (Phi) is 8.81. The highest BCUT2D eigenvalue weighted by atomic mass is 127. The third-order valence-electron chi connectivity index (χ3n) is 4.17. The number of hydrogen-bond donors (Lipinski definition) is 2. The molecule has 0 spiro atoms. The van der Waals surface area contributed by atoms with Crippen molar-refractivity contribution in [2.45, 2.75) is 25.3 Å². The molecule has 2 aromatic heterocycles. The zero-order valence-electron chi connectivity index (χ0n) is 14.2. The molecule has 0 aliphatic carbocycles. The van der Waals surface area contributed by atoms with E-state index in [2.05, 4.69) is 44.1 Å². The van der Waals surface area contributed by atoms with Crippen molar-refractivity contribution in [2.75, 3.05) is 31.6 Å². The number of nitrogens with zero attached hydrogens (tertiary/aromatic N) is 2. The number of guanidine groups is 1. The van der Waals surface area contributed by atoms with Crippen LogP contribution in [0.4, 0.5) is 5.00 Å². The first-order valence-corrected chi connectivity index (χ1v) is 10.3. The lowest BCUT2D eigenvalue weighted by Crippen LogP contribution is -2.49. The van der Waals surface area contributed by atoms with E-state index in [0.717, 1.165) is 49.2 Å². The van der Waals surface area contributed by atoms with Gasteiger partial charge in [-0.2, -0.15) is 0 Å². The molecule has 0 bridgehead atoms. The Labute approximate surface area is 179 Å². The third kappa shape index (κ3) is 6.30. The Hall–Kier alpha value is -0.510. The fourth-order valence-corrected chi connectivity index (χ4v) is 4.74. The maximum Gasteiger partial charge on any atom is 0.191 e. The van der Waals surface area contributed by atoms with Crippen LogP contribution in [0.25, 0.3) is 0 Å². The van der Waals surface area contributed by atoms with E-state index in [1.54, 1.807) is 11.3 Å². The predicted molar refractivity (Wildman–Crippen MR) is 122 cm³/mol. The second-order valence-corrected chi connectivity index (χ2v) is 8.54. The SMILES string of the molecule is CN=C(NCCc1ccc(Cl)s1)NC1CCN(c2cccs2)CC1.I. The van der Waals surface area contributed by atoms with Crippen molar-refractivity contribution in [2.24, 2.45) is 4.99 Å². The number of halogens is 2. The smallest absolute Gasteiger partial charge is 0.191 e. The summed E-state index contributed by atoms with van der Waals surface area (Å²) in [5.41, 5.74) is 0. The number of hydrogen-bond acceptors (Lipinski definition) is 4. The van der Waals surface area contributed by atoms with Crippen LogP contribution in [0, 0.1) is 0 Å². The summed E-state index contributed by atoms with van der Waals surface area (Å²) in [4.78, 5) is 8.12. The molecule has 0 amide bonds. The van der Waals surface area contributed by atoms with Crippen molar-refractivity contribution in [3.05, 3.63) is 38.9 Å². The third-order valence-corrected chi connectivity index (χ3v) is 6.39. The molecule has 138 valence electrons. The van der Waals surface area contributed by atoms with E-state index in [-0.39, 0.29) is 24.0 Å². The molecule has 0 atom stereocenters. The van der Waals surface area contributed by atoms with Gasteiger partial charge < -0.3 is 15.5 Å². The molecule has 25 heavy (non-hydrogen) atoms. The molecule has 3 rings (SSSR count). The molecule has 1 saturated heterocycles. The number of anilines is 1. The normalized spacial score (nSPS) is 15.8. The van der Waals surface area contributed by atoms with Crippen LogP contribution in [0.1, 0.15) is 17.7 Å². The maximum atomic E-state index is 5.97. The number of aliphatic imine (C=N–C) groups is 1. The van der Waals surface area contributed by atoms with Crippen LogP contribution in [0.3, 0.4) is 0 Å². The van der Waals surface area contributed by atoms with E-state index in [1.807, 2.05) is 24.5 Å². The summed E-state index contributed by atoms with van der Waals surface area (Å²) in [7, 11) is 1.83. The summed E-state index contributed by atoms with van der Waals surface area (Å²) < 4.78 is 0.852. The molecule has 3 heterocycles. The largest absolute Gasteiger partial charge is 0.363 e. The zero-order chi connectivity index (χ0) is 16.8. The summed E-state index contributed by atoms with van der Waals surface area (Å²) in [6.07, 6.45) is 3.24. The molecule has 0 saturated carbocycles. The van der Waals surface area contributed by atoms with Crippen molar-refractivity contribution in [1.29, 1.82) is 0 Å². The van der Waals surface area contributed by atoms with Gasteiger partial charge in [-0.25, -0.2) is 0 Å². The van der Waals surface area contributed by atoms with Gasteiger partial charge in [-0.05, 0) is 48.9 Å². The van der Waals surface area contributed by atoms with Crippen LogP contribution < -0.4 is 15.5 Å². The minimum atomic E-state index is 0. The minimum Gasteiger partial charge on any atom is -0.363 e. The molecule has 0 aromatic carbocycles. The van der Waals surface area contributed by atoms with E-state index in [0.29, 0.717) is 6.04 Å². The summed E-state index contributed by atoms with van der Waals surface area (Å²) in [5, 5.41) is 10.5. The molecule has 8 heteroatoms. The molecule has 1 aliphatic heterocycles. The maximum absolute atomic E-state index is 5.97. The summed E-state index contributed by atoms with van der Waals surface area (Å²) in [6.45, 7) is 3.07. The molecule has 1 fully saturated rings. The second kappa shape index (κ2) is 10.6. The molecule has 0 radical (unpaired) electrons. The molecule has 1 aliphatic rings. The monoisotopic (exact) mass is 510 g/mol. The average molecular weight is 511 g/mol. The van der Waals surface area contributed by atoms with Gasteiger partial charge in [-0.3, -0.25) is 4.99 Å². The number of rotatable bonds is 5. The number of piperidine rings is 1. The van der Waals surface area contributed by atoms with Crippen molar-refractivity contribution in [3.63, 3.8) is 0 Å². The lowest BCUT2D eigenvalue weighted by atomic mass is 10.1. The predicted octanol–water partition coefficient (Wildman–Crippen LogP) is 4.46. The minimum absolute atomic E-state index is 0. The van der Waals surface area contributed by atoms with Gasteiger partial charge in [0.05, 0.1) is 9.34 Å². The molecule has 2 aromatic rings. The fraction of sp³-hybridized carbons (Fsp3) is 0.471. The lowest BCUT2D eigenvalue weighted by molar-refractivity contribution is 0.463. The van der Waals surface area contributed by atoms with Crippen LogP contribution in [-0.2, 0) is 6.42 Å². The van der Waals surface area contributed by atoms with Gasteiger partial charge in [0.25, 0.3) is 0 Å². The van der Waals surface area contributed by atoms with Crippen molar-refractivity contribution in [1.82, 2.24) is 10.6 Å².